The maximum absolute atomic E-state index is 12.8. The van der Waals surface area contributed by atoms with Crippen LogP contribution >= 0.6 is 0 Å². The number of amides is 1. The second kappa shape index (κ2) is 9.07. The lowest BCUT2D eigenvalue weighted by Gasteiger charge is -2.47. The first kappa shape index (κ1) is 20.8. The van der Waals surface area contributed by atoms with Crippen molar-refractivity contribution in [2.75, 3.05) is 13.1 Å². The van der Waals surface area contributed by atoms with Crippen molar-refractivity contribution in [1.29, 1.82) is 0 Å². The first-order valence-electron chi connectivity index (χ1n) is 10.0. The minimum Gasteiger partial charge on any atom is -0.483 e. The van der Waals surface area contributed by atoms with E-state index < -0.39 is 0 Å². The number of fused-ring (bicyclic) bond motifs is 4. The minimum atomic E-state index is -0.250. The van der Waals surface area contributed by atoms with Crippen LogP contribution in [0.15, 0.2) is 35.5 Å². The molecular formula is C21H28N4O4. The summed E-state index contributed by atoms with van der Waals surface area (Å²) in [4.78, 5) is 42.6. The largest absolute Gasteiger partial charge is 0.483 e. The summed E-state index contributed by atoms with van der Waals surface area (Å²) in [6.45, 7) is 5.55. The summed E-state index contributed by atoms with van der Waals surface area (Å²) in [5.41, 5.74) is 1.72. The number of aromatic amines is 1. The number of carbonyl (C=O) groups is 2. The Bertz CT molecular complexity index is 890. The molecule has 0 aliphatic carbocycles. The van der Waals surface area contributed by atoms with Crippen LogP contribution in [0.25, 0.3) is 0 Å². The predicted octanol–water partition coefficient (Wildman–Crippen LogP) is 2.51. The van der Waals surface area contributed by atoms with Crippen LogP contribution in [0.3, 0.4) is 0 Å². The van der Waals surface area contributed by atoms with Crippen molar-refractivity contribution in [1.82, 2.24) is 19.4 Å². The number of aromatic nitrogens is 3. The van der Waals surface area contributed by atoms with Crippen LogP contribution in [0, 0.1) is 11.8 Å². The van der Waals surface area contributed by atoms with Crippen LogP contribution in [0.2, 0.25) is 0 Å². The molecule has 0 unspecified atom stereocenters. The number of carbonyl (C=O) groups excluding carboxylic acids is 1. The zero-order chi connectivity index (χ0) is 21.0. The number of nitrogens with zero attached hydrogens (tertiary/aromatic N) is 3. The highest BCUT2D eigenvalue weighted by Crippen LogP contribution is 2.43. The van der Waals surface area contributed by atoms with Gasteiger partial charge < -0.3 is 19.6 Å². The molecule has 8 heteroatoms. The number of likely N-dealkylation sites (tertiary alicyclic amines) is 1. The molecule has 0 radical (unpaired) electrons. The highest BCUT2D eigenvalue weighted by molar-refractivity contribution is 5.92. The van der Waals surface area contributed by atoms with E-state index in [1.54, 1.807) is 12.3 Å². The molecule has 1 amide bonds. The van der Waals surface area contributed by atoms with E-state index in [0.717, 1.165) is 25.0 Å². The molecule has 0 saturated carbocycles. The second-order valence-electron chi connectivity index (χ2n) is 8.17. The minimum absolute atomic E-state index is 0.00605. The molecule has 2 aromatic rings. The first-order valence-corrected chi connectivity index (χ1v) is 10.0. The molecule has 0 aromatic carbocycles. The van der Waals surface area contributed by atoms with Gasteiger partial charge in [0.25, 0.3) is 17.9 Å². The van der Waals surface area contributed by atoms with Gasteiger partial charge >= 0.3 is 0 Å². The highest BCUT2D eigenvalue weighted by atomic mass is 16.3. The molecule has 1 saturated heterocycles. The quantitative estimate of drug-likeness (QED) is 0.767. The van der Waals surface area contributed by atoms with E-state index in [0.29, 0.717) is 30.6 Å². The van der Waals surface area contributed by atoms with Gasteiger partial charge in [-0.1, -0.05) is 19.9 Å². The number of imidazole rings is 1. The number of pyridine rings is 1. The van der Waals surface area contributed by atoms with Crippen LogP contribution in [-0.4, -0.2) is 50.0 Å². The Morgan fingerprint density at radius 2 is 2.14 bits per heavy atom. The van der Waals surface area contributed by atoms with Gasteiger partial charge in [0.1, 0.15) is 5.69 Å². The number of hydrogen-bond acceptors (Lipinski definition) is 4. The molecule has 0 spiro atoms. The average molecular weight is 400 g/mol. The van der Waals surface area contributed by atoms with Crippen molar-refractivity contribution in [2.45, 2.75) is 45.1 Å². The number of hydrogen-bond donors (Lipinski definition) is 2. The molecule has 2 aliphatic rings. The Labute approximate surface area is 169 Å². The predicted molar refractivity (Wildman–Crippen MR) is 108 cm³/mol. The molecule has 4 rings (SSSR count). The fraction of sp³-hybridized carbons (Fsp3) is 0.524. The van der Waals surface area contributed by atoms with Crippen LogP contribution in [0.4, 0.5) is 0 Å². The maximum Gasteiger partial charge on any atom is 0.290 e. The summed E-state index contributed by atoms with van der Waals surface area (Å²) in [7, 11) is 0. The van der Waals surface area contributed by atoms with E-state index >= 15 is 0 Å². The van der Waals surface area contributed by atoms with Gasteiger partial charge in [0.05, 0.1) is 12.5 Å². The smallest absolute Gasteiger partial charge is 0.290 e. The third-order valence-corrected chi connectivity index (χ3v) is 5.85. The summed E-state index contributed by atoms with van der Waals surface area (Å²) in [5.74, 6) is 1.16. The lowest BCUT2D eigenvalue weighted by Crippen LogP contribution is -2.51. The average Bonchev–Trinajstić information content (AvgIpc) is 3.23. The Hall–Kier alpha value is -2.90. The molecule has 2 aromatic heterocycles. The standard InChI is InChI=1S/C20H26N4O2.CH2O2/c1-13(2)6-7-18-15-8-14(17-4-3-5-19(25)24(17)18)10-23(11-15)20(26)16-9-21-12-22-16;2-1-3/h3-5,9,12-15,18H,6-8,10-11H2,1-2H3,(H,21,22);1H,(H,2,3)/t14-,15+,18+;/m1./s1. The van der Waals surface area contributed by atoms with Crippen molar-refractivity contribution >= 4 is 12.4 Å². The number of H-pyrrole nitrogens is 1. The molecule has 8 nitrogen and oxygen atoms in total. The van der Waals surface area contributed by atoms with Gasteiger partial charge in [-0.25, -0.2) is 4.98 Å². The zero-order valence-electron chi connectivity index (χ0n) is 16.8. The topological polar surface area (TPSA) is 108 Å². The zero-order valence-corrected chi connectivity index (χ0v) is 16.8. The van der Waals surface area contributed by atoms with Crippen molar-refractivity contribution < 1.29 is 14.7 Å². The second-order valence-corrected chi connectivity index (χ2v) is 8.17. The number of nitrogens with one attached hydrogen (secondary N) is 1. The highest BCUT2D eigenvalue weighted by Gasteiger charge is 2.41. The maximum atomic E-state index is 12.8. The van der Waals surface area contributed by atoms with Crippen LogP contribution in [0.5, 0.6) is 0 Å². The van der Waals surface area contributed by atoms with Crippen LogP contribution < -0.4 is 5.56 Å². The summed E-state index contributed by atoms with van der Waals surface area (Å²) >= 11 is 0. The van der Waals surface area contributed by atoms with Gasteiger partial charge in [0.2, 0.25) is 0 Å². The summed E-state index contributed by atoms with van der Waals surface area (Å²) < 4.78 is 2.03. The normalized spacial score (nSPS) is 22.4. The third kappa shape index (κ3) is 4.41. The molecule has 4 heterocycles. The van der Waals surface area contributed by atoms with E-state index in [9.17, 15) is 9.59 Å². The summed E-state index contributed by atoms with van der Waals surface area (Å²) in [5, 5.41) is 6.89. The molecule has 2 aliphatic heterocycles. The summed E-state index contributed by atoms with van der Waals surface area (Å²) in [6.07, 6.45) is 6.25. The van der Waals surface area contributed by atoms with Crippen molar-refractivity contribution in [3.63, 3.8) is 0 Å². The Morgan fingerprint density at radius 3 is 2.79 bits per heavy atom. The molecule has 156 valence electrons. The molecular weight excluding hydrogens is 372 g/mol. The van der Waals surface area contributed by atoms with Crippen molar-refractivity contribution in [2.24, 2.45) is 11.8 Å². The lowest BCUT2D eigenvalue weighted by atomic mass is 9.76. The third-order valence-electron chi connectivity index (χ3n) is 5.85. The van der Waals surface area contributed by atoms with Gasteiger partial charge in [-0.05, 0) is 37.2 Å². The van der Waals surface area contributed by atoms with Crippen LogP contribution in [-0.2, 0) is 4.79 Å². The molecule has 2 N–H and O–H groups in total. The molecule has 2 bridgehead atoms. The van der Waals surface area contributed by atoms with E-state index in [1.165, 1.54) is 6.33 Å². The Morgan fingerprint density at radius 1 is 1.38 bits per heavy atom. The van der Waals surface area contributed by atoms with Crippen molar-refractivity contribution in [3.05, 3.63) is 52.5 Å². The van der Waals surface area contributed by atoms with E-state index in [1.807, 2.05) is 15.5 Å². The van der Waals surface area contributed by atoms with E-state index in [4.69, 9.17) is 9.90 Å². The lowest BCUT2D eigenvalue weighted by molar-refractivity contribution is -0.122. The summed E-state index contributed by atoms with van der Waals surface area (Å²) in [6, 6.07) is 5.76. The first-order chi connectivity index (χ1) is 14.0. The van der Waals surface area contributed by atoms with Gasteiger partial charge in [-0.2, -0.15) is 0 Å². The van der Waals surface area contributed by atoms with Crippen LogP contribution in [0.1, 0.15) is 61.3 Å². The van der Waals surface area contributed by atoms with E-state index in [2.05, 4.69) is 29.9 Å². The van der Waals surface area contributed by atoms with Gasteiger partial charge in [-0.3, -0.25) is 14.4 Å². The number of carboxylic acid groups (broad SMARTS) is 1. The fourth-order valence-corrected chi connectivity index (χ4v) is 4.62. The number of rotatable bonds is 4. The fourth-order valence-electron chi connectivity index (χ4n) is 4.62. The molecule has 1 fully saturated rings. The van der Waals surface area contributed by atoms with Gasteiger partial charge in [0, 0.05) is 36.8 Å². The van der Waals surface area contributed by atoms with Gasteiger partial charge in [-0.15, -0.1) is 0 Å². The van der Waals surface area contributed by atoms with E-state index in [-0.39, 0.29) is 29.9 Å². The van der Waals surface area contributed by atoms with Crippen molar-refractivity contribution in [3.8, 4) is 0 Å². The monoisotopic (exact) mass is 400 g/mol. The molecule has 3 atom stereocenters. The van der Waals surface area contributed by atoms with Gasteiger partial charge in [0.15, 0.2) is 0 Å². The Kier molecular flexibility index (Phi) is 6.51. The SMILES string of the molecule is CC(C)CC[C@H]1[C@H]2C[C@H](CN(C(=O)c3cnc[nH]3)C2)c2cccc(=O)n21.O=CO. The number of piperidine rings is 1. The Balaban J connectivity index is 0.000000755. The molecule has 29 heavy (non-hydrogen) atoms.